The van der Waals surface area contributed by atoms with Crippen molar-refractivity contribution >= 4 is 29.9 Å². The molecule has 1 aliphatic rings. The first-order chi connectivity index (χ1) is 12.0. The highest BCUT2D eigenvalue weighted by Gasteiger charge is 2.34. The van der Waals surface area contributed by atoms with E-state index in [4.69, 9.17) is 0 Å². The number of para-hydroxylation sites is 1. The first-order valence-electron chi connectivity index (χ1n) is 7.25. The molecule has 2 aromatic carbocycles. The number of carbonyl (C=O) groups excluding carboxylic acids is 1. The van der Waals surface area contributed by atoms with Crippen LogP contribution in [-0.2, 0) is 4.79 Å². The lowest BCUT2D eigenvalue weighted by Crippen LogP contribution is -2.46. The van der Waals surface area contributed by atoms with E-state index in [0.29, 0.717) is 5.56 Å². The number of nitro benzene ring substituents is 1. The quantitative estimate of drug-likeness (QED) is 0.503. The number of thiol groups is 1. The van der Waals surface area contributed by atoms with E-state index in [9.17, 15) is 20.2 Å². The summed E-state index contributed by atoms with van der Waals surface area (Å²) < 4.78 is 0. The van der Waals surface area contributed by atoms with Crippen molar-refractivity contribution in [1.29, 1.82) is 5.26 Å². The normalized spacial score (nSPS) is 17.0. The van der Waals surface area contributed by atoms with Gasteiger partial charge in [0.25, 0.3) is 11.6 Å². The number of carbonyl (C=O) groups is 1. The van der Waals surface area contributed by atoms with Crippen molar-refractivity contribution < 1.29 is 9.72 Å². The van der Waals surface area contributed by atoms with Gasteiger partial charge in [-0.2, -0.15) is 5.26 Å². The summed E-state index contributed by atoms with van der Waals surface area (Å²) in [5.41, 5.74) is 1.22. The molecule has 0 spiro atoms. The van der Waals surface area contributed by atoms with E-state index >= 15 is 0 Å². The second kappa shape index (κ2) is 6.67. The van der Waals surface area contributed by atoms with E-state index in [2.05, 4.69) is 17.9 Å². The zero-order chi connectivity index (χ0) is 18.0. The predicted molar refractivity (Wildman–Crippen MR) is 94.5 cm³/mol. The van der Waals surface area contributed by atoms with E-state index in [1.165, 1.54) is 12.1 Å². The van der Waals surface area contributed by atoms with Gasteiger partial charge in [-0.3, -0.25) is 14.9 Å². The molecule has 0 aliphatic carbocycles. The summed E-state index contributed by atoms with van der Waals surface area (Å²) in [6.07, 6.45) is -0.639. The Hall–Kier alpha value is -3.31. The SMILES string of the molecule is N#CC1=C(S)N(c2ccccc2)[C@H](c2ccc([N+](=O)[O-])cc2)NC1=O. The van der Waals surface area contributed by atoms with Gasteiger partial charge in [0.1, 0.15) is 17.8 Å². The highest BCUT2D eigenvalue weighted by atomic mass is 32.1. The van der Waals surface area contributed by atoms with Crippen molar-refractivity contribution in [2.75, 3.05) is 4.90 Å². The zero-order valence-electron chi connectivity index (χ0n) is 12.8. The fourth-order valence-electron chi connectivity index (χ4n) is 2.58. The molecule has 1 atom stereocenters. The van der Waals surface area contributed by atoms with Gasteiger partial charge in [-0.1, -0.05) is 18.2 Å². The smallest absolute Gasteiger partial charge is 0.269 e. The second-order valence-corrected chi connectivity index (χ2v) is 5.66. The van der Waals surface area contributed by atoms with Crippen LogP contribution in [0.4, 0.5) is 11.4 Å². The van der Waals surface area contributed by atoms with Gasteiger partial charge in [-0.25, -0.2) is 0 Å². The minimum absolute atomic E-state index is 0.0449. The Morgan fingerprint density at radius 2 is 1.80 bits per heavy atom. The molecule has 1 heterocycles. The number of amides is 1. The maximum absolute atomic E-state index is 12.2. The number of hydrogen-bond donors (Lipinski definition) is 2. The van der Waals surface area contributed by atoms with Gasteiger partial charge in [-0.15, -0.1) is 12.6 Å². The number of nitrogens with zero attached hydrogens (tertiary/aromatic N) is 3. The van der Waals surface area contributed by atoms with Crippen molar-refractivity contribution in [1.82, 2.24) is 5.32 Å². The lowest BCUT2D eigenvalue weighted by atomic mass is 10.1. The molecule has 1 aliphatic heterocycles. The highest BCUT2D eigenvalue weighted by molar-refractivity contribution is 7.84. The summed E-state index contributed by atoms with van der Waals surface area (Å²) >= 11 is 4.38. The van der Waals surface area contributed by atoms with Crippen LogP contribution in [0.25, 0.3) is 0 Å². The number of non-ortho nitro benzene ring substituents is 1. The first kappa shape index (κ1) is 16.5. The number of nitrogens with one attached hydrogen (secondary N) is 1. The number of nitro groups is 1. The molecule has 25 heavy (non-hydrogen) atoms. The van der Waals surface area contributed by atoms with Gasteiger partial charge in [0, 0.05) is 17.8 Å². The Bertz CT molecular complexity index is 904. The van der Waals surface area contributed by atoms with E-state index in [1.54, 1.807) is 17.0 Å². The molecule has 8 heteroatoms. The fraction of sp³-hybridized carbons (Fsp3) is 0.0588. The fourth-order valence-corrected chi connectivity index (χ4v) is 2.96. The van der Waals surface area contributed by atoms with E-state index in [-0.39, 0.29) is 16.3 Å². The maximum Gasteiger partial charge on any atom is 0.269 e. The third-order valence-electron chi connectivity index (χ3n) is 3.77. The molecule has 0 radical (unpaired) electrons. The van der Waals surface area contributed by atoms with E-state index in [1.807, 2.05) is 36.4 Å². The first-order valence-corrected chi connectivity index (χ1v) is 7.70. The predicted octanol–water partition coefficient (Wildman–Crippen LogP) is 2.89. The van der Waals surface area contributed by atoms with Crippen LogP contribution in [0.15, 0.2) is 65.2 Å². The molecule has 124 valence electrons. The third-order valence-corrected chi connectivity index (χ3v) is 4.21. The van der Waals surface area contributed by atoms with Gasteiger partial charge in [0.05, 0.1) is 9.95 Å². The average Bonchev–Trinajstić information content (AvgIpc) is 2.62. The van der Waals surface area contributed by atoms with Crippen molar-refractivity contribution in [3.05, 3.63) is 80.9 Å². The number of benzene rings is 2. The topological polar surface area (TPSA) is 99.3 Å². The monoisotopic (exact) mass is 352 g/mol. The minimum atomic E-state index is -0.639. The van der Waals surface area contributed by atoms with Crippen LogP contribution >= 0.6 is 12.6 Å². The summed E-state index contributed by atoms with van der Waals surface area (Å²) in [4.78, 5) is 24.2. The standard InChI is InChI=1S/C17H12N4O3S/c18-10-14-16(22)19-15(11-6-8-13(9-7-11)21(23)24)20(17(14)25)12-4-2-1-3-5-12/h1-9,15,25H,(H,19,22)/t15-/m1/s1. The van der Waals surface area contributed by atoms with Crippen LogP contribution in [0.5, 0.6) is 0 Å². The van der Waals surface area contributed by atoms with Crippen molar-refractivity contribution in [2.45, 2.75) is 6.17 Å². The van der Waals surface area contributed by atoms with Crippen LogP contribution in [0.2, 0.25) is 0 Å². The molecule has 2 aromatic rings. The van der Waals surface area contributed by atoms with Gasteiger partial charge >= 0.3 is 0 Å². The van der Waals surface area contributed by atoms with Crippen molar-refractivity contribution in [2.24, 2.45) is 0 Å². The molecule has 1 amide bonds. The Balaban J connectivity index is 2.10. The summed E-state index contributed by atoms with van der Waals surface area (Å²) in [7, 11) is 0. The van der Waals surface area contributed by atoms with Gasteiger partial charge in [0.2, 0.25) is 0 Å². The molecule has 0 saturated carbocycles. The Morgan fingerprint density at radius 1 is 1.16 bits per heavy atom. The third kappa shape index (κ3) is 3.05. The lowest BCUT2D eigenvalue weighted by Gasteiger charge is -2.37. The van der Waals surface area contributed by atoms with Crippen LogP contribution in [0, 0.1) is 21.4 Å². The Labute approximate surface area is 148 Å². The summed E-state index contributed by atoms with van der Waals surface area (Å²) in [5.74, 6) is -0.539. The molecule has 1 N–H and O–H groups in total. The number of rotatable bonds is 3. The second-order valence-electron chi connectivity index (χ2n) is 5.24. The lowest BCUT2D eigenvalue weighted by molar-refractivity contribution is -0.384. The van der Waals surface area contributed by atoms with Crippen LogP contribution in [0.3, 0.4) is 0 Å². The maximum atomic E-state index is 12.2. The number of nitriles is 1. The number of anilines is 1. The molecule has 0 saturated heterocycles. The summed E-state index contributed by atoms with van der Waals surface area (Å²) in [6, 6.07) is 16.9. The van der Waals surface area contributed by atoms with E-state index in [0.717, 1.165) is 5.69 Å². The molecule has 0 fully saturated rings. The molecule has 3 rings (SSSR count). The zero-order valence-corrected chi connectivity index (χ0v) is 13.7. The molecular weight excluding hydrogens is 340 g/mol. The minimum Gasteiger partial charge on any atom is -0.327 e. The summed E-state index contributed by atoms with van der Waals surface area (Å²) in [5, 5.41) is 23.0. The van der Waals surface area contributed by atoms with Gasteiger partial charge < -0.3 is 10.2 Å². The largest absolute Gasteiger partial charge is 0.327 e. The molecule has 0 aromatic heterocycles. The molecular formula is C17H12N4O3S. The average molecular weight is 352 g/mol. The Morgan fingerprint density at radius 3 is 2.36 bits per heavy atom. The number of hydrogen-bond acceptors (Lipinski definition) is 6. The molecule has 0 bridgehead atoms. The van der Waals surface area contributed by atoms with Crippen molar-refractivity contribution in [3.8, 4) is 6.07 Å². The van der Waals surface area contributed by atoms with Crippen LogP contribution in [0.1, 0.15) is 11.7 Å². The van der Waals surface area contributed by atoms with Crippen LogP contribution in [-0.4, -0.2) is 10.8 Å². The van der Waals surface area contributed by atoms with Crippen molar-refractivity contribution in [3.63, 3.8) is 0 Å². The van der Waals surface area contributed by atoms with E-state index < -0.39 is 17.0 Å². The van der Waals surface area contributed by atoms with Gasteiger partial charge in [0.15, 0.2) is 0 Å². The summed E-state index contributed by atoms with van der Waals surface area (Å²) in [6.45, 7) is 0. The van der Waals surface area contributed by atoms with Gasteiger partial charge in [-0.05, 0) is 29.8 Å². The Kier molecular flexibility index (Phi) is 4.41. The van der Waals surface area contributed by atoms with Crippen LogP contribution < -0.4 is 10.2 Å². The molecule has 0 unspecified atom stereocenters. The highest BCUT2D eigenvalue weighted by Crippen LogP contribution is 2.35. The molecule has 7 nitrogen and oxygen atoms in total.